The first-order valence-electron chi connectivity index (χ1n) is 7.65. The number of halogens is 1. The summed E-state index contributed by atoms with van der Waals surface area (Å²) in [7, 11) is 0. The Kier molecular flexibility index (Phi) is 4.36. The second-order valence-electron chi connectivity index (χ2n) is 5.49. The van der Waals surface area contributed by atoms with Crippen LogP contribution in [0.1, 0.15) is 10.5 Å². The average molecular weight is 426 g/mol. The van der Waals surface area contributed by atoms with Crippen molar-refractivity contribution in [1.82, 2.24) is 15.2 Å². The van der Waals surface area contributed by atoms with Crippen molar-refractivity contribution in [2.24, 2.45) is 5.73 Å². The van der Waals surface area contributed by atoms with Crippen molar-refractivity contribution >= 4 is 54.8 Å². The van der Waals surface area contributed by atoms with Crippen LogP contribution in [0.5, 0.6) is 0 Å². The fourth-order valence-electron chi connectivity index (χ4n) is 2.55. The van der Waals surface area contributed by atoms with Gasteiger partial charge in [0.2, 0.25) is 0 Å². The smallest absolute Gasteiger partial charge is 0.270 e. The van der Waals surface area contributed by atoms with Crippen molar-refractivity contribution < 1.29 is 4.79 Å². The maximum atomic E-state index is 11.8. The van der Waals surface area contributed by atoms with Crippen molar-refractivity contribution in [2.75, 3.05) is 5.32 Å². The number of nitrogens with zero attached hydrogens (tertiary/aromatic N) is 3. The number of nitrogens with one attached hydrogen (secondary N) is 1. The molecule has 0 fully saturated rings. The topological polar surface area (TPSA) is 93.8 Å². The number of primary amides is 1. The standard InChI is InChI=1S/C18H12BrN5OS/c19-11-4-1-3-10(7-11)14-8-13-16(26-14)15(17(20)25)23-24-18(13)22-12-5-2-6-21-9-12/h1-9H,(H2,20,25)(H,22,24). The highest BCUT2D eigenvalue weighted by atomic mass is 79.9. The highest BCUT2D eigenvalue weighted by Gasteiger charge is 2.18. The number of carbonyl (C=O) groups is 1. The zero-order valence-corrected chi connectivity index (χ0v) is 15.7. The molecule has 0 aliphatic carbocycles. The minimum atomic E-state index is -0.599. The van der Waals surface area contributed by atoms with Crippen LogP contribution in [0.2, 0.25) is 0 Å². The lowest BCUT2D eigenvalue weighted by atomic mass is 10.1. The molecule has 1 aromatic carbocycles. The molecule has 4 aromatic rings. The maximum absolute atomic E-state index is 11.8. The van der Waals surface area contributed by atoms with Gasteiger partial charge in [0.05, 0.1) is 16.6 Å². The second kappa shape index (κ2) is 6.81. The molecule has 0 saturated carbocycles. The molecule has 0 aliphatic rings. The lowest BCUT2D eigenvalue weighted by Crippen LogP contribution is -2.14. The molecule has 0 atom stereocenters. The Balaban J connectivity index is 1.88. The van der Waals surface area contributed by atoms with Crippen LogP contribution >= 0.6 is 27.3 Å². The minimum absolute atomic E-state index is 0.169. The number of rotatable bonds is 4. The van der Waals surface area contributed by atoms with Gasteiger partial charge in [0.25, 0.3) is 5.91 Å². The molecule has 6 nitrogen and oxygen atoms in total. The van der Waals surface area contributed by atoms with Crippen LogP contribution < -0.4 is 11.1 Å². The van der Waals surface area contributed by atoms with E-state index in [0.717, 1.165) is 26.0 Å². The van der Waals surface area contributed by atoms with Crippen LogP contribution in [0, 0.1) is 0 Å². The number of amides is 1. The summed E-state index contributed by atoms with van der Waals surface area (Å²) in [5.41, 5.74) is 7.46. The van der Waals surface area contributed by atoms with E-state index in [1.165, 1.54) is 11.3 Å². The monoisotopic (exact) mass is 425 g/mol. The van der Waals surface area contributed by atoms with Gasteiger partial charge in [0.15, 0.2) is 11.5 Å². The van der Waals surface area contributed by atoms with E-state index in [1.54, 1.807) is 12.4 Å². The summed E-state index contributed by atoms with van der Waals surface area (Å²) in [4.78, 5) is 16.8. The van der Waals surface area contributed by atoms with Crippen molar-refractivity contribution in [2.45, 2.75) is 0 Å². The van der Waals surface area contributed by atoms with Crippen molar-refractivity contribution in [3.05, 3.63) is 65.0 Å². The highest BCUT2D eigenvalue weighted by Crippen LogP contribution is 2.38. The summed E-state index contributed by atoms with van der Waals surface area (Å²) in [6, 6.07) is 13.6. The summed E-state index contributed by atoms with van der Waals surface area (Å²) in [5, 5.41) is 12.2. The zero-order chi connectivity index (χ0) is 18.1. The van der Waals surface area contributed by atoms with Gasteiger partial charge in [0.1, 0.15) is 0 Å². The van der Waals surface area contributed by atoms with Crippen LogP contribution in [0.25, 0.3) is 20.5 Å². The van der Waals surface area contributed by atoms with E-state index in [-0.39, 0.29) is 5.69 Å². The van der Waals surface area contributed by atoms with Gasteiger partial charge in [-0.05, 0) is 35.9 Å². The van der Waals surface area contributed by atoms with E-state index in [0.29, 0.717) is 10.5 Å². The Hall–Kier alpha value is -2.84. The molecule has 0 saturated heterocycles. The summed E-state index contributed by atoms with van der Waals surface area (Å²) in [5.74, 6) is -0.0476. The Morgan fingerprint density at radius 2 is 2.04 bits per heavy atom. The maximum Gasteiger partial charge on any atom is 0.270 e. The predicted molar refractivity (Wildman–Crippen MR) is 107 cm³/mol. The van der Waals surface area contributed by atoms with Crippen LogP contribution in [-0.2, 0) is 0 Å². The Labute approximate surface area is 161 Å². The van der Waals surface area contributed by atoms with Gasteiger partial charge in [-0.15, -0.1) is 21.5 Å². The van der Waals surface area contributed by atoms with Crippen molar-refractivity contribution in [1.29, 1.82) is 0 Å². The van der Waals surface area contributed by atoms with Crippen molar-refractivity contribution in [3.63, 3.8) is 0 Å². The van der Waals surface area contributed by atoms with E-state index < -0.39 is 5.91 Å². The fraction of sp³-hybridized carbons (Fsp3) is 0. The van der Waals surface area contributed by atoms with Gasteiger partial charge in [-0.1, -0.05) is 28.1 Å². The van der Waals surface area contributed by atoms with Crippen LogP contribution in [-0.4, -0.2) is 21.1 Å². The Morgan fingerprint density at radius 3 is 2.77 bits per heavy atom. The number of aromatic nitrogens is 3. The van der Waals surface area contributed by atoms with Crippen LogP contribution in [0.4, 0.5) is 11.5 Å². The zero-order valence-electron chi connectivity index (χ0n) is 13.3. The number of pyridine rings is 1. The van der Waals surface area contributed by atoms with E-state index >= 15 is 0 Å². The first kappa shape index (κ1) is 16.6. The molecule has 0 spiro atoms. The molecule has 0 aliphatic heterocycles. The largest absolute Gasteiger partial charge is 0.364 e. The van der Waals surface area contributed by atoms with E-state index in [2.05, 4.69) is 36.4 Å². The third-order valence-electron chi connectivity index (χ3n) is 3.72. The quantitative estimate of drug-likeness (QED) is 0.506. The minimum Gasteiger partial charge on any atom is -0.364 e. The second-order valence-corrected chi connectivity index (χ2v) is 7.46. The Morgan fingerprint density at radius 1 is 1.15 bits per heavy atom. The number of hydrogen-bond donors (Lipinski definition) is 2. The third-order valence-corrected chi connectivity index (χ3v) is 5.40. The number of carbonyl (C=O) groups excluding carboxylic acids is 1. The molecule has 3 aromatic heterocycles. The molecule has 26 heavy (non-hydrogen) atoms. The first-order valence-corrected chi connectivity index (χ1v) is 9.26. The molecule has 128 valence electrons. The molecule has 3 N–H and O–H groups in total. The van der Waals surface area contributed by atoms with E-state index in [4.69, 9.17) is 5.73 Å². The van der Waals surface area contributed by atoms with Gasteiger partial charge < -0.3 is 11.1 Å². The molecule has 4 rings (SSSR count). The van der Waals surface area contributed by atoms with Crippen LogP contribution in [0.3, 0.4) is 0 Å². The van der Waals surface area contributed by atoms with E-state index in [9.17, 15) is 4.79 Å². The molecular weight excluding hydrogens is 414 g/mol. The molecule has 1 amide bonds. The van der Waals surface area contributed by atoms with Gasteiger partial charge in [-0.2, -0.15) is 0 Å². The first-order chi connectivity index (χ1) is 12.6. The lowest BCUT2D eigenvalue weighted by molar-refractivity contribution is 0.0996. The van der Waals surface area contributed by atoms with Gasteiger partial charge in [0, 0.05) is 20.9 Å². The number of anilines is 2. The predicted octanol–water partition coefficient (Wildman–Crippen LogP) is 4.36. The SMILES string of the molecule is NC(=O)c1nnc(Nc2cccnc2)c2cc(-c3cccc(Br)c3)sc12. The molecule has 0 bridgehead atoms. The van der Waals surface area contributed by atoms with Gasteiger partial charge >= 0.3 is 0 Å². The summed E-state index contributed by atoms with van der Waals surface area (Å²) in [6.07, 6.45) is 3.38. The third kappa shape index (κ3) is 3.16. The average Bonchev–Trinajstić information content (AvgIpc) is 3.08. The fourth-order valence-corrected chi connectivity index (χ4v) is 4.10. The molecule has 3 heterocycles. The van der Waals surface area contributed by atoms with Gasteiger partial charge in [-0.25, -0.2) is 0 Å². The van der Waals surface area contributed by atoms with Gasteiger partial charge in [-0.3, -0.25) is 9.78 Å². The van der Waals surface area contributed by atoms with Crippen molar-refractivity contribution in [3.8, 4) is 10.4 Å². The summed E-state index contributed by atoms with van der Waals surface area (Å²) >= 11 is 4.95. The number of fused-ring (bicyclic) bond motifs is 1. The molecule has 0 radical (unpaired) electrons. The molecular formula is C18H12BrN5OS. The Bertz CT molecular complexity index is 1110. The number of nitrogens with two attached hydrogens (primary N) is 1. The summed E-state index contributed by atoms with van der Waals surface area (Å²) < 4.78 is 1.68. The van der Waals surface area contributed by atoms with Crippen LogP contribution in [0.15, 0.2) is 59.3 Å². The van der Waals surface area contributed by atoms with E-state index in [1.807, 2.05) is 42.5 Å². The normalized spacial score (nSPS) is 10.8. The molecule has 8 heteroatoms. The highest BCUT2D eigenvalue weighted by molar-refractivity contribution is 9.10. The number of hydrogen-bond acceptors (Lipinski definition) is 6. The summed E-state index contributed by atoms with van der Waals surface area (Å²) in [6.45, 7) is 0. The number of benzene rings is 1. The number of thiophene rings is 1. The lowest BCUT2D eigenvalue weighted by Gasteiger charge is -2.06. The molecule has 0 unspecified atom stereocenters.